The Labute approximate surface area is 115 Å². The minimum atomic E-state index is 0.0509. The van der Waals surface area contributed by atoms with Gasteiger partial charge in [0.1, 0.15) is 11.8 Å². The van der Waals surface area contributed by atoms with Crippen LogP contribution in [0.4, 0.5) is 5.82 Å². The number of nitrogens with zero attached hydrogens (tertiary/aromatic N) is 3. The number of ketones is 1. The first kappa shape index (κ1) is 12.3. The van der Waals surface area contributed by atoms with Crippen LogP contribution in [-0.4, -0.2) is 25.7 Å². The number of imidazole rings is 1. The molecule has 20 heavy (non-hydrogen) atoms. The van der Waals surface area contributed by atoms with Gasteiger partial charge in [-0.2, -0.15) is 0 Å². The Kier molecular flexibility index (Phi) is 3.12. The monoisotopic (exact) mass is 267 g/mol. The zero-order chi connectivity index (χ0) is 13.9. The van der Waals surface area contributed by atoms with Crippen molar-refractivity contribution in [2.24, 2.45) is 0 Å². The second-order valence-corrected chi connectivity index (χ2v) is 4.39. The smallest absolute Gasteiger partial charge is 0.162 e. The largest absolute Gasteiger partial charge is 0.364 e. The number of anilines is 1. The first-order valence-electron chi connectivity index (χ1n) is 6.22. The summed E-state index contributed by atoms with van der Waals surface area (Å²) in [4.78, 5) is 26.9. The summed E-state index contributed by atoms with van der Waals surface area (Å²) in [6, 6.07) is 7.51. The molecule has 2 N–H and O–H groups in total. The van der Waals surface area contributed by atoms with Crippen LogP contribution in [0.15, 0.2) is 36.9 Å². The maximum absolute atomic E-state index is 11.6. The summed E-state index contributed by atoms with van der Waals surface area (Å²) in [5.74, 6) is 0.699. The van der Waals surface area contributed by atoms with Crippen LogP contribution >= 0.6 is 0 Å². The number of hydrogen-bond acceptors (Lipinski definition) is 5. The van der Waals surface area contributed by atoms with Crippen LogP contribution in [-0.2, 0) is 6.54 Å². The minimum absolute atomic E-state index is 0.0509. The number of nitrogens with one attached hydrogen (secondary N) is 2. The Hall–Kier alpha value is -2.76. The molecular weight excluding hydrogens is 254 g/mol. The summed E-state index contributed by atoms with van der Waals surface area (Å²) in [5, 5.41) is 3.20. The van der Waals surface area contributed by atoms with Crippen LogP contribution in [0.2, 0.25) is 0 Å². The van der Waals surface area contributed by atoms with E-state index in [-0.39, 0.29) is 5.78 Å². The molecule has 2 heterocycles. The Bertz CT molecular complexity index is 765. The molecule has 0 amide bonds. The fourth-order valence-electron chi connectivity index (χ4n) is 2.09. The van der Waals surface area contributed by atoms with E-state index in [1.165, 1.54) is 6.33 Å². The predicted octanol–water partition coefficient (Wildman–Crippen LogP) is 2.17. The van der Waals surface area contributed by atoms with Gasteiger partial charge in [0, 0.05) is 12.1 Å². The van der Waals surface area contributed by atoms with Crippen molar-refractivity contribution in [2.75, 3.05) is 5.32 Å². The number of aromatic nitrogens is 4. The van der Waals surface area contributed by atoms with Gasteiger partial charge < -0.3 is 10.3 Å². The second-order valence-electron chi connectivity index (χ2n) is 4.39. The van der Waals surface area contributed by atoms with Gasteiger partial charge in [-0.05, 0) is 12.5 Å². The molecule has 1 aromatic carbocycles. The van der Waals surface area contributed by atoms with Gasteiger partial charge >= 0.3 is 0 Å². The lowest BCUT2D eigenvalue weighted by atomic mass is 10.0. The highest BCUT2D eigenvalue weighted by atomic mass is 16.1. The summed E-state index contributed by atoms with van der Waals surface area (Å²) in [6.07, 6.45) is 3.05. The van der Waals surface area contributed by atoms with E-state index in [4.69, 9.17) is 0 Å². The first-order valence-corrected chi connectivity index (χ1v) is 6.22. The molecule has 0 bridgehead atoms. The molecule has 2 aromatic heterocycles. The number of H-pyrrole nitrogens is 1. The molecule has 6 nitrogen and oxygen atoms in total. The molecule has 0 aliphatic heterocycles. The van der Waals surface area contributed by atoms with Crippen molar-refractivity contribution in [1.82, 2.24) is 19.9 Å². The van der Waals surface area contributed by atoms with Crippen LogP contribution in [0.5, 0.6) is 0 Å². The molecule has 0 aliphatic carbocycles. The summed E-state index contributed by atoms with van der Waals surface area (Å²) in [6.45, 7) is 2.07. The zero-order valence-electron chi connectivity index (χ0n) is 10.9. The molecule has 0 radical (unpaired) electrons. The fraction of sp³-hybridized carbons (Fsp3) is 0.143. The van der Waals surface area contributed by atoms with Gasteiger partial charge in [-0.15, -0.1) is 0 Å². The van der Waals surface area contributed by atoms with Gasteiger partial charge in [0.25, 0.3) is 0 Å². The molecule has 3 rings (SSSR count). The molecule has 0 atom stereocenters. The number of benzene rings is 1. The molecule has 3 aromatic rings. The van der Waals surface area contributed by atoms with Crippen molar-refractivity contribution >= 4 is 22.8 Å². The summed E-state index contributed by atoms with van der Waals surface area (Å²) in [7, 11) is 0. The summed E-state index contributed by atoms with van der Waals surface area (Å²) in [5.41, 5.74) is 3.02. The highest BCUT2D eigenvalue weighted by molar-refractivity contribution is 5.95. The SMILES string of the molecule is CC(=O)c1ccccc1CNc1ncnc2[nH]cnc12. The highest BCUT2D eigenvalue weighted by Gasteiger charge is 2.09. The molecule has 0 saturated carbocycles. The van der Waals surface area contributed by atoms with Gasteiger partial charge in [-0.3, -0.25) is 4.79 Å². The van der Waals surface area contributed by atoms with Gasteiger partial charge in [-0.1, -0.05) is 24.3 Å². The zero-order valence-corrected chi connectivity index (χ0v) is 10.9. The third kappa shape index (κ3) is 2.23. The van der Waals surface area contributed by atoms with Crippen LogP contribution in [0.25, 0.3) is 11.2 Å². The Morgan fingerprint density at radius 3 is 2.95 bits per heavy atom. The minimum Gasteiger partial charge on any atom is -0.364 e. The first-order chi connectivity index (χ1) is 9.75. The van der Waals surface area contributed by atoms with Crippen molar-refractivity contribution in [3.63, 3.8) is 0 Å². The number of hydrogen-bond donors (Lipinski definition) is 2. The van der Waals surface area contributed by atoms with Crippen molar-refractivity contribution in [2.45, 2.75) is 13.5 Å². The van der Waals surface area contributed by atoms with E-state index in [1.807, 2.05) is 24.3 Å². The van der Waals surface area contributed by atoms with Crippen molar-refractivity contribution < 1.29 is 4.79 Å². The Morgan fingerprint density at radius 2 is 2.10 bits per heavy atom. The van der Waals surface area contributed by atoms with Crippen LogP contribution in [0, 0.1) is 0 Å². The lowest BCUT2D eigenvalue weighted by Gasteiger charge is -2.09. The predicted molar refractivity (Wildman–Crippen MR) is 75.5 cm³/mol. The normalized spacial score (nSPS) is 10.7. The standard InChI is InChI=1S/C14H13N5O/c1-9(20)11-5-3-2-4-10(11)6-15-13-12-14(17-7-16-12)19-8-18-13/h2-5,7-8H,6H2,1H3,(H2,15,16,17,18,19). The van der Waals surface area contributed by atoms with Crippen LogP contribution in [0.1, 0.15) is 22.8 Å². The quantitative estimate of drug-likeness (QED) is 0.708. The maximum atomic E-state index is 11.6. The average Bonchev–Trinajstić information content (AvgIpc) is 2.94. The van der Waals surface area contributed by atoms with Crippen LogP contribution < -0.4 is 5.32 Å². The molecule has 6 heteroatoms. The summed E-state index contributed by atoms with van der Waals surface area (Å²) < 4.78 is 0. The Balaban J connectivity index is 1.87. The van der Waals surface area contributed by atoms with E-state index < -0.39 is 0 Å². The average molecular weight is 267 g/mol. The van der Waals surface area contributed by atoms with E-state index in [1.54, 1.807) is 13.3 Å². The molecule has 0 spiro atoms. The third-order valence-corrected chi connectivity index (χ3v) is 3.06. The second kappa shape index (κ2) is 5.08. The van der Waals surface area contributed by atoms with Crippen molar-refractivity contribution in [1.29, 1.82) is 0 Å². The third-order valence-electron chi connectivity index (χ3n) is 3.06. The van der Waals surface area contributed by atoms with Gasteiger partial charge in [-0.25, -0.2) is 15.0 Å². The molecule has 0 fully saturated rings. The van der Waals surface area contributed by atoms with E-state index in [0.717, 1.165) is 5.56 Å². The van der Waals surface area contributed by atoms with Gasteiger partial charge in [0.15, 0.2) is 17.2 Å². The number of aromatic amines is 1. The van der Waals surface area contributed by atoms with Gasteiger partial charge in [0.2, 0.25) is 0 Å². The fourth-order valence-corrected chi connectivity index (χ4v) is 2.09. The number of carbonyl (C=O) groups excluding carboxylic acids is 1. The molecule has 0 aliphatic rings. The van der Waals surface area contributed by atoms with Gasteiger partial charge in [0.05, 0.1) is 6.33 Å². The Morgan fingerprint density at radius 1 is 1.25 bits per heavy atom. The lowest BCUT2D eigenvalue weighted by Crippen LogP contribution is -2.07. The van der Waals surface area contributed by atoms with Crippen molar-refractivity contribution in [3.8, 4) is 0 Å². The topological polar surface area (TPSA) is 83.6 Å². The number of fused-ring (bicyclic) bond motifs is 1. The molecule has 0 unspecified atom stereocenters. The van der Waals surface area contributed by atoms with E-state index in [2.05, 4.69) is 25.3 Å². The molecule has 0 saturated heterocycles. The highest BCUT2D eigenvalue weighted by Crippen LogP contribution is 2.17. The number of rotatable bonds is 4. The maximum Gasteiger partial charge on any atom is 0.162 e. The van der Waals surface area contributed by atoms with Crippen molar-refractivity contribution in [3.05, 3.63) is 48.0 Å². The van der Waals surface area contributed by atoms with E-state index in [0.29, 0.717) is 29.1 Å². The lowest BCUT2D eigenvalue weighted by molar-refractivity contribution is 0.101. The molecule has 100 valence electrons. The number of carbonyl (C=O) groups is 1. The van der Waals surface area contributed by atoms with Crippen LogP contribution in [0.3, 0.4) is 0 Å². The summed E-state index contributed by atoms with van der Waals surface area (Å²) >= 11 is 0. The van der Waals surface area contributed by atoms with E-state index in [9.17, 15) is 4.79 Å². The van der Waals surface area contributed by atoms with E-state index >= 15 is 0 Å². The molecular formula is C14H13N5O. The number of Topliss-reactive ketones (excluding diaryl/α,β-unsaturated/α-hetero) is 1.